The maximum Gasteiger partial charge on any atom is 0.0230 e. The molecule has 2 rings (SSSR count). The maximum atomic E-state index is 3.68. The Bertz CT molecular complexity index is 358. The molecule has 1 fully saturated rings. The minimum Gasteiger partial charge on any atom is -0.314 e. The molecule has 1 aromatic carbocycles. The van der Waals surface area contributed by atoms with Gasteiger partial charge in [0.25, 0.3) is 0 Å². The lowest BCUT2D eigenvalue weighted by molar-refractivity contribution is 0.316. The molecule has 0 aliphatic heterocycles. The molecule has 0 saturated heterocycles. The van der Waals surface area contributed by atoms with Crippen LogP contribution in [0.4, 0.5) is 0 Å². The van der Waals surface area contributed by atoms with Crippen molar-refractivity contribution in [3.05, 3.63) is 34.3 Å². The lowest BCUT2D eigenvalue weighted by Gasteiger charge is -2.18. The molecule has 0 radical (unpaired) electrons. The van der Waals surface area contributed by atoms with Crippen LogP contribution in [0.25, 0.3) is 0 Å². The first-order valence-corrected chi connectivity index (χ1v) is 8.20. The van der Waals surface area contributed by atoms with Gasteiger partial charge in [0.05, 0.1) is 0 Å². The average Bonchev–Trinajstić information content (AvgIpc) is 2.91. The Hall–Kier alpha value is -0.380. The monoisotopic (exact) mass is 324 g/mol. The van der Waals surface area contributed by atoms with E-state index >= 15 is 0 Å². The standard InChI is InChI=1S/C16H25BrN2/c1-19(13-14-7-9-15(17)10-8-14)12-4-11-18-16-5-2-3-6-16/h7-10,16,18H,2-6,11-13H2,1H3. The average molecular weight is 325 g/mol. The predicted molar refractivity (Wildman–Crippen MR) is 85.4 cm³/mol. The van der Waals surface area contributed by atoms with Gasteiger partial charge in [-0.05, 0) is 57.1 Å². The van der Waals surface area contributed by atoms with E-state index in [1.807, 2.05) is 0 Å². The Morgan fingerprint density at radius 3 is 2.58 bits per heavy atom. The van der Waals surface area contributed by atoms with Crippen molar-refractivity contribution in [2.75, 3.05) is 20.1 Å². The lowest BCUT2D eigenvalue weighted by Crippen LogP contribution is -2.29. The lowest BCUT2D eigenvalue weighted by atomic mass is 10.2. The topological polar surface area (TPSA) is 15.3 Å². The molecule has 0 unspecified atom stereocenters. The molecule has 19 heavy (non-hydrogen) atoms. The number of benzene rings is 1. The van der Waals surface area contributed by atoms with Crippen LogP contribution in [-0.2, 0) is 6.54 Å². The summed E-state index contributed by atoms with van der Waals surface area (Å²) < 4.78 is 1.15. The molecule has 0 heterocycles. The van der Waals surface area contributed by atoms with Crippen LogP contribution in [0.1, 0.15) is 37.7 Å². The van der Waals surface area contributed by atoms with Gasteiger partial charge in [0.1, 0.15) is 0 Å². The molecular formula is C16H25BrN2. The highest BCUT2D eigenvalue weighted by molar-refractivity contribution is 9.10. The Morgan fingerprint density at radius 2 is 1.89 bits per heavy atom. The molecule has 0 amide bonds. The number of halogens is 1. The second-order valence-electron chi connectivity index (χ2n) is 5.65. The quantitative estimate of drug-likeness (QED) is 0.767. The highest BCUT2D eigenvalue weighted by Gasteiger charge is 2.13. The summed E-state index contributed by atoms with van der Waals surface area (Å²) in [6.45, 7) is 3.36. The van der Waals surface area contributed by atoms with Crippen molar-refractivity contribution in [2.24, 2.45) is 0 Å². The zero-order chi connectivity index (χ0) is 13.5. The van der Waals surface area contributed by atoms with E-state index in [2.05, 4.69) is 57.5 Å². The fourth-order valence-corrected chi connectivity index (χ4v) is 3.03. The van der Waals surface area contributed by atoms with Gasteiger partial charge in [-0.1, -0.05) is 40.9 Å². The summed E-state index contributed by atoms with van der Waals surface area (Å²) in [5.74, 6) is 0. The third kappa shape index (κ3) is 5.64. The van der Waals surface area contributed by atoms with Crippen molar-refractivity contribution in [1.29, 1.82) is 0 Å². The minimum atomic E-state index is 0.803. The molecule has 1 saturated carbocycles. The SMILES string of the molecule is CN(CCCNC1CCCC1)Cc1ccc(Br)cc1. The van der Waals surface area contributed by atoms with Crippen molar-refractivity contribution in [3.8, 4) is 0 Å². The number of hydrogen-bond acceptors (Lipinski definition) is 2. The normalized spacial score (nSPS) is 16.4. The second-order valence-corrected chi connectivity index (χ2v) is 6.57. The smallest absolute Gasteiger partial charge is 0.0230 e. The minimum absolute atomic E-state index is 0.803. The number of rotatable bonds is 7. The fourth-order valence-electron chi connectivity index (χ4n) is 2.77. The zero-order valence-electron chi connectivity index (χ0n) is 11.9. The summed E-state index contributed by atoms with van der Waals surface area (Å²) >= 11 is 3.47. The summed E-state index contributed by atoms with van der Waals surface area (Å²) in [4.78, 5) is 2.40. The molecule has 1 aromatic rings. The van der Waals surface area contributed by atoms with Crippen LogP contribution in [0.5, 0.6) is 0 Å². The first kappa shape index (κ1) is 15.0. The third-order valence-electron chi connectivity index (χ3n) is 3.87. The van der Waals surface area contributed by atoms with E-state index in [9.17, 15) is 0 Å². The molecule has 0 atom stereocenters. The largest absolute Gasteiger partial charge is 0.314 e. The van der Waals surface area contributed by atoms with Gasteiger partial charge >= 0.3 is 0 Å². The molecule has 1 N–H and O–H groups in total. The Labute approximate surface area is 125 Å². The summed E-state index contributed by atoms with van der Waals surface area (Å²) in [6, 6.07) is 9.42. The van der Waals surface area contributed by atoms with E-state index < -0.39 is 0 Å². The van der Waals surface area contributed by atoms with Crippen molar-refractivity contribution in [1.82, 2.24) is 10.2 Å². The summed E-state index contributed by atoms with van der Waals surface area (Å²) in [5.41, 5.74) is 1.38. The molecule has 106 valence electrons. The van der Waals surface area contributed by atoms with E-state index in [1.165, 1.54) is 37.7 Å². The summed E-state index contributed by atoms with van der Waals surface area (Å²) in [6.07, 6.45) is 6.84. The Morgan fingerprint density at radius 1 is 1.21 bits per heavy atom. The molecule has 2 nitrogen and oxygen atoms in total. The molecule has 0 aromatic heterocycles. The van der Waals surface area contributed by atoms with Crippen LogP contribution in [0.3, 0.4) is 0 Å². The zero-order valence-corrected chi connectivity index (χ0v) is 13.5. The first-order chi connectivity index (χ1) is 9.24. The highest BCUT2D eigenvalue weighted by Crippen LogP contribution is 2.17. The molecule has 0 bridgehead atoms. The van der Waals surface area contributed by atoms with Gasteiger partial charge in [0.2, 0.25) is 0 Å². The maximum absolute atomic E-state index is 3.68. The molecule has 3 heteroatoms. The van der Waals surface area contributed by atoms with Crippen molar-refractivity contribution in [2.45, 2.75) is 44.7 Å². The second kappa shape index (κ2) is 8.03. The molecule has 0 spiro atoms. The van der Waals surface area contributed by atoms with Gasteiger partial charge in [-0.15, -0.1) is 0 Å². The molecule has 1 aliphatic rings. The van der Waals surface area contributed by atoms with Gasteiger partial charge in [0, 0.05) is 17.1 Å². The van der Waals surface area contributed by atoms with Gasteiger partial charge in [-0.2, -0.15) is 0 Å². The van der Waals surface area contributed by atoms with Gasteiger partial charge < -0.3 is 10.2 Å². The van der Waals surface area contributed by atoms with Crippen LogP contribution in [0.15, 0.2) is 28.7 Å². The van der Waals surface area contributed by atoms with Crippen molar-refractivity contribution < 1.29 is 0 Å². The highest BCUT2D eigenvalue weighted by atomic mass is 79.9. The summed E-state index contributed by atoms with van der Waals surface area (Å²) in [5, 5.41) is 3.68. The first-order valence-electron chi connectivity index (χ1n) is 7.40. The predicted octanol–water partition coefficient (Wildman–Crippen LogP) is 3.80. The number of nitrogens with zero attached hydrogens (tertiary/aromatic N) is 1. The number of nitrogens with one attached hydrogen (secondary N) is 1. The molecule has 1 aliphatic carbocycles. The van der Waals surface area contributed by atoms with Crippen LogP contribution >= 0.6 is 15.9 Å². The van der Waals surface area contributed by atoms with Gasteiger partial charge in [-0.25, -0.2) is 0 Å². The fraction of sp³-hybridized carbons (Fsp3) is 0.625. The summed E-state index contributed by atoms with van der Waals surface area (Å²) in [7, 11) is 2.21. The van der Waals surface area contributed by atoms with E-state index in [0.29, 0.717) is 0 Å². The van der Waals surface area contributed by atoms with E-state index in [-0.39, 0.29) is 0 Å². The molecular weight excluding hydrogens is 300 g/mol. The van der Waals surface area contributed by atoms with E-state index in [0.717, 1.165) is 30.1 Å². The van der Waals surface area contributed by atoms with Crippen molar-refractivity contribution >= 4 is 15.9 Å². The van der Waals surface area contributed by atoms with Crippen LogP contribution < -0.4 is 5.32 Å². The third-order valence-corrected chi connectivity index (χ3v) is 4.40. The van der Waals surface area contributed by atoms with Gasteiger partial charge in [-0.3, -0.25) is 0 Å². The van der Waals surface area contributed by atoms with Crippen LogP contribution in [0.2, 0.25) is 0 Å². The Kier molecular flexibility index (Phi) is 6.35. The van der Waals surface area contributed by atoms with Crippen molar-refractivity contribution in [3.63, 3.8) is 0 Å². The number of hydrogen-bond donors (Lipinski definition) is 1. The van der Waals surface area contributed by atoms with Gasteiger partial charge in [0.15, 0.2) is 0 Å². The van der Waals surface area contributed by atoms with Crippen LogP contribution in [0, 0.1) is 0 Å². The van der Waals surface area contributed by atoms with Crippen LogP contribution in [-0.4, -0.2) is 31.1 Å². The Balaban J connectivity index is 1.58. The van der Waals surface area contributed by atoms with E-state index in [1.54, 1.807) is 0 Å². The van der Waals surface area contributed by atoms with E-state index in [4.69, 9.17) is 0 Å².